The molecule has 6 heterocycles. The summed E-state index contributed by atoms with van der Waals surface area (Å²) in [5, 5.41) is 45.7. The van der Waals surface area contributed by atoms with Crippen molar-refractivity contribution in [1.82, 2.24) is 9.97 Å². The number of benzene rings is 2. The summed E-state index contributed by atoms with van der Waals surface area (Å²) in [6.07, 6.45) is 9.51. The van der Waals surface area contributed by atoms with Gasteiger partial charge < -0.3 is 28.8 Å². The van der Waals surface area contributed by atoms with Gasteiger partial charge in [-0.2, -0.15) is 15.2 Å². The van der Waals surface area contributed by atoms with E-state index in [-0.39, 0.29) is 57.3 Å². The Kier molecular flexibility index (Phi) is 9.04. The van der Waals surface area contributed by atoms with Crippen LogP contribution in [0.5, 0.6) is 11.5 Å². The molecule has 0 spiro atoms. The maximum absolute atomic E-state index is 11.2. The fraction of sp³-hybridized carbons (Fsp3) is 0.375. The van der Waals surface area contributed by atoms with Crippen molar-refractivity contribution in [2.24, 2.45) is 20.5 Å². The number of phenolic OH excluding ortho intramolecular Hbond substituents is 2. The number of azo groups is 2. The van der Waals surface area contributed by atoms with Crippen molar-refractivity contribution in [2.75, 3.05) is 36.0 Å². The average Bonchev–Trinajstić information content (AvgIpc) is 3.84. The van der Waals surface area contributed by atoms with Crippen LogP contribution in [0, 0.1) is 11.3 Å². The van der Waals surface area contributed by atoms with Gasteiger partial charge in [-0.3, -0.25) is 4.79 Å². The number of phenols is 2. The van der Waals surface area contributed by atoms with Crippen LogP contribution >= 0.6 is 0 Å². The van der Waals surface area contributed by atoms with Crippen molar-refractivity contribution in [3.63, 3.8) is 0 Å². The van der Waals surface area contributed by atoms with E-state index in [4.69, 9.17) is 14.1 Å². The predicted octanol–water partition coefficient (Wildman–Crippen LogP) is 6.67. The summed E-state index contributed by atoms with van der Waals surface area (Å²) in [5.74, 6) is 0.368. The minimum atomic E-state index is -0.219. The molecule has 14 nitrogen and oxygen atoms in total. The fourth-order valence-corrected chi connectivity index (χ4v) is 6.63. The number of anilines is 2. The van der Waals surface area contributed by atoms with E-state index in [9.17, 15) is 15.0 Å². The van der Waals surface area contributed by atoms with Crippen LogP contribution in [0.1, 0.15) is 64.8 Å². The molecule has 15 heteroatoms. The molecule has 0 amide bonds. The number of carbonyl (C=O) groups is 1. The molecule has 47 heavy (non-hydrogen) atoms. The Balaban J connectivity index is 0.000000161. The van der Waals surface area contributed by atoms with Crippen LogP contribution in [-0.2, 0) is 42.2 Å². The molecule has 0 fully saturated rings. The van der Waals surface area contributed by atoms with E-state index in [0.717, 1.165) is 82.3 Å². The van der Waals surface area contributed by atoms with Crippen molar-refractivity contribution < 1.29 is 40.3 Å². The number of carbonyl (C=O) groups excluding carboxylic acids is 1. The van der Waals surface area contributed by atoms with Gasteiger partial charge in [0.1, 0.15) is 28.9 Å². The molecule has 2 aromatic heterocycles. The van der Waals surface area contributed by atoms with E-state index in [2.05, 4.69) is 40.2 Å². The monoisotopic (exact) mass is 679 g/mol. The van der Waals surface area contributed by atoms with Gasteiger partial charge in [0.05, 0.1) is 12.4 Å². The molecule has 2 N–H and O–H groups in total. The Labute approximate surface area is 279 Å². The third-order valence-corrected chi connectivity index (χ3v) is 8.66. The summed E-state index contributed by atoms with van der Waals surface area (Å²) in [6.45, 7) is 5.48. The van der Waals surface area contributed by atoms with E-state index in [1.807, 2.05) is 18.2 Å². The average molecular weight is 680 g/mol. The summed E-state index contributed by atoms with van der Waals surface area (Å²) in [7, 11) is 0. The number of aromatic hydroxyl groups is 2. The van der Waals surface area contributed by atoms with Crippen molar-refractivity contribution in [3.05, 3.63) is 58.3 Å². The summed E-state index contributed by atoms with van der Waals surface area (Å²) in [4.78, 5) is 23.6. The molecule has 0 aliphatic carbocycles. The normalized spacial score (nSPS) is 15.9. The number of Topliss-reactive ketones (excluding diaryl/α,β-unsaturated/α-hetero) is 1. The number of hydrogen-bond donors (Lipinski definition) is 2. The molecule has 4 aliphatic rings. The largest absolute Gasteiger partial charge is 0.505 e. The SMILES string of the molecule is CC(=O)c1cnc(N=Nc2cc3c4c(c2O)CCN4CCC3)o1.N#Cc1cnc(N=Nc2cc3c4c(c2O)CCCN4CCC3)o1.[Ni]. The molecule has 0 saturated heterocycles. The molecule has 0 unspecified atom stereocenters. The first kappa shape index (κ1) is 31.9. The van der Waals surface area contributed by atoms with Crippen LogP contribution in [-0.4, -0.2) is 52.1 Å². The molecule has 0 atom stereocenters. The van der Waals surface area contributed by atoms with Crippen LogP contribution in [0.15, 0.2) is 53.8 Å². The van der Waals surface area contributed by atoms with Gasteiger partial charge in [0, 0.05) is 72.1 Å². The molecular formula is C32H31N9NiO5. The zero-order valence-corrected chi connectivity index (χ0v) is 26.5. The van der Waals surface area contributed by atoms with E-state index in [1.54, 1.807) is 0 Å². The second-order valence-corrected chi connectivity index (χ2v) is 11.6. The third kappa shape index (κ3) is 6.21. The summed E-state index contributed by atoms with van der Waals surface area (Å²) >= 11 is 0. The topological polar surface area (TPSA) is 189 Å². The second kappa shape index (κ2) is 13.3. The number of nitriles is 1. The number of nitrogens with zero attached hydrogens (tertiary/aromatic N) is 9. The van der Waals surface area contributed by atoms with E-state index >= 15 is 0 Å². The number of oxazole rings is 2. The van der Waals surface area contributed by atoms with E-state index in [1.165, 1.54) is 41.8 Å². The van der Waals surface area contributed by atoms with Gasteiger partial charge >= 0.3 is 12.0 Å². The fourth-order valence-electron chi connectivity index (χ4n) is 6.63. The van der Waals surface area contributed by atoms with Crippen LogP contribution in [0.4, 0.5) is 34.8 Å². The summed E-state index contributed by atoms with van der Waals surface area (Å²) in [5.41, 5.74) is 7.53. The molecule has 2 aromatic carbocycles. The first-order chi connectivity index (χ1) is 22.4. The minimum absolute atomic E-state index is 0. The van der Waals surface area contributed by atoms with Gasteiger partial charge in [-0.05, 0) is 68.2 Å². The van der Waals surface area contributed by atoms with Gasteiger partial charge in [0.2, 0.25) is 5.76 Å². The Morgan fingerprint density at radius 1 is 0.787 bits per heavy atom. The molecule has 4 aliphatic heterocycles. The quantitative estimate of drug-likeness (QED) is 0.131. The Morgan fingerprint density at radius 2 is 1.32 bits per heavy atom. The maximum atomic E-state index is 11.2. The minimum Gasteiger partial charge on any atom is -0.505 e. The zero-order chi connectivity index (χ0) is 31.8. The van der Waals surface area contributed by atoms with E-state index < -0.39 is 0 Å². The van der Waals surface area contributed by atoms with Crippen LogP contribution in [0.3, 0.4) is 0 Å². The molecule has 4 aromatic rings. The van der Waals surface area contributed by atoms with Gasteiger partial charge in [0.15, 0.2) is 11.5 Å². The molecule has 0 radical (unpaired) electrons. The molecular weight excluding hydrogens is 649 g/mol. The predicted molar refractivity (Wildman–Crippen MR) is 165 cm³/mol. The van der Waals surface area contributed by atoms with Crippen LogP contribution in [0.2, 0.25) is 0 Å². The first-order valence-corrected chi connectivity index (χ1v) is 15.3. The number of aryl methyl sites for hydroxylation is 2. The summed E-state index contributed by atoms with van der Waals surface area (Å²) in [6, 6.07) is 5.63. The number of aromatic nitrogens is 2. The van der Waals surface area contributed by atoms with Crippen molar-refractivity contribution in [2.45, 2.75) is 51.9 Å². The number of rotatable bonds is 5. The second-order valence-electron chi connectivity index (χ2n) is 11.6. The van der Waals surface area contributed by atoms with Crippen LogP contribution < -0.4 is 9.80 Å². The summed E-state index contributed by atoms with van der Waals surface area (Å²) < 4.78 is 10.2. The number of ketones is 1. The number of hydrogen-bond acceptors (Lipinski definition) is 14. The Morgan fingerprint density at radius 3 is 1.87 bits per heavy atom. The molecule has 244 valence electrons. The molecule has 0 bridgehead atoms. The smallest absolute Gasteiger partial charge is 0.342 e. The van der Waals surface area contributed by atoms with Gasteiger partial charge in [0.25, 0.3) is 0 Å². The third-order valence-electron chi connectivity index (χ3n) is 8.66. The van der Waals surface area contributed by atoms with Gasteiger partial charge in [-0.15, -0.1) is 10.2 Å². The molecule has 8 rings (SSSR count). The zero-order valence-electron chi connectivity index (χ0n) is 25.5. The maximum Gasteiger partial charge on any atom is 0.342 e. The van der Waals surface area contributed by atoms with Gasteiger partial charge in [-0.1, -0.05) is 10.2 Å². The van der Waals surface area contributed by atoms with E-state index in [0.29, 0.717) is 11.4 Å². The van der Waals surface area contributed by atoms with Gasteiger partial charge in [-0.25, -0.2) is 0 Å². The molecule has 0 saturated carbocycles. The van der Waals surface area contributed by atoms with Crippen molar-refractivity contribution >= 4 is 40.6 Å². The van der Waals surface area contributed by atoms with Crippen molar-refractivity contribution in [1.29, 1.82) is 5.26 Å². The Hall–Kier alpha value is -5.09. The van der Waals surface area contributed by atoms with Crippen molar-refractivity contribution in [3.8, 4) is 17.6 Å². The van der Waals surface area contributed by atoms with Crippen LogP contribution in [0.25, 0.3) is 0 Å². The first-order valence-electron chi connectivity index (χ1n) is 15.3. The standard InChI is InChI=1S/C16H15N5O2.C16H16N4O3.Ni/c17-8-11-9-18-16(23-11)20-19-13-7-10-3-1-5-21-6-2-4-12(14(10)21)15(13)22;1-9(21)13-8-17-16(23-13)19-18-12-7-10-3-2-5-20-6-4-11(14(10)20)15(12)22;/h7,9,22H,1-6H2;7-8,22H,2-6H2,1H3;. The Bertz CT molecular complexity index is 1940.